The van der Waals surface area contributed by atoms with E-state index in [4.69, 9.17) is 0 Å². The Morgan fingerprint density at radius 1 is 1.19 bits per heavy atom. The first-order chi connectivity index (χ1) is 10.1. The Morgan fingerprint density at radius 2 is 1.86 bits per heavy atom. The number of carbonyl (C=O) groups is 1. The van der Waals surface area contributed by atoms with E-state index >= 15 is 0 Å². The Labute approximate surface area is 122 Å². The van der Waals surface area contributed by atoms with Gasteiger partial charge in [-0.05, 0) is 18.6 Å². The van der Waals surface area contributed by atoms with E-state index in [9.17, 15) is 13.6 Å². The molecule has 1 amide bonds. The molecule has 114 valence electrons. The van der Waals surface area contributed by atoms with E-state index in [1.807, 2.05) is 0 Å². The highest BCUT2D eigenvalue weighted by molar-refractivity contribution is 5.95. The summed E-state index contributed by atoms with van der Waals surface area (Å²) in [5, 5.41) is 3.22. The Kier molecular flexibility index (Phi) is 3.91. The highest BCUT2D eigenvalue weighted by Crippen LogP contribution is 2.20. The maximum Gasteiger partial charge on any atom is 0.259 e. The Bertz CT molecular complexity index is 552. The van der Waals surface area contributed by atoms with Gasteiger partial charge in [-0.25, -0.2) is 8.78 Å². The van der Waals surface area contributed by atoms with Crippen LogP contribution in [0.3, 0.4) is 0 Å². The van der Waals surface area contributed by atoms with E-state index in [1.54, 1.807) is 4.90 Å². The second-order valence-corrected chi connectivity index (χ2v) is 5.69. The van der Waals surface area contributed by atoms with Gasteiger partial charge in [-0.15, -0.1) is 0 Å². The van der Waals surface area contributed by atoms with E-state index < -0.39 is 23.1 Å². The highest BCUT2D eigenvalue weighted by Gasteiger charge is 2.31. The van der Waals surface area contributed by atoms with Crippen molar-refractivity contribution in [3.8, 4) is 0 Å². The molecule has 2 fully saturated rings. The van der Waals surface area contributed by atoms with Crippen LogP contribution in [0.15, 0.2) is 12.1 Å². The van der Waals surface area contributed by atoms with Crippen molar-refractivity contribution in [1.29, 1.82) is 0 Å². The summed E-state index contributed by atoms with van der Waals surface area (Å²) >= 11 is 0. The lowest BCUT2D eigenvalue weighted by Crippen LogP contribution is -2.62. The summed E-state index contributed by atoms with van der Waals surface area (Å²) in [5.74, 6) is -2.07. The van der Waals surface area contributed by atoms with Gasteiger partial charge < -0.3 is 10.2 Å². The molecule has 6 heteroatoms. The van der Waals surface area contributed by atoms with E-state index in [1.165, 1.54) is 13.0 Å². The third kappa shape index (κ3) is 2.65. The smallest absolute Gasteiger partial charge is 0.259 e. The minimum Gasteiger partial charge on any atom is -0.336 e. The molecule has 0 atom stereocenters. The van der Waals surface area contributed by atoms with Crippen molar-refractivity contribution in [2.45, 2.75) is 13.0 Å². The number of nitrogens with one attached hydrogen (secondary N) is 1. The van der Waals surface area contributed by atoms with Gasteiger partial charge in [0.1, 0.15) is 17.2 Å². The monoisotopic (exact) mass is 295 g/mol. The fourth-order valence-electron chi connectivity index (χ4n) is 2.83. The van der Waals surface area contributed by atoms with Crippen molar-refractivity contribution in [2.75, 3.05) is 39.3 Å². The molecule has 21 heavy (non-hydrogen) atoms. The molecule has 2 saturated heterocycles. The SMILES string of the molecule is Cc1ccc(F)c(C(=O)N2CCN(C3CNC3)CC2)c1F. The van der Waals surface area contributed by atoms with Crippen LogP contribution in [0.25, 0.3) is 0 Å². The number of carbonyl (C=O) groups excluding carboxylic acids is 1. The van der Waals surface area contributed by atoms with Gasteiger partial charge in [-0.3, -0.25) is 9.69 Å². The number of aryl methyl sites for hydroxylation is 1. The van der Waals surface area contributed by atoms with Crippen LogP contribution in [-0.4, -0.2) is 61.0 Å². The van der Waals surface area contributed by atoms with Crippen molar-refractivity contribution in [1.82, 2.24) is 15.1 Å². The van der Waals surface area contributed by atoms with Crippen LogP contribution in [0.5, 0.6) is 0 Å². The highest BCUT2D eigenvalue weighted by atomic mass is 19.1. The van der Waals surface area contributed by atoms with Crippen molar-refractivity contribution in [3.05, 3.63) is 34.9 Å². The summed E-state index contributed by atoms with van der Waals surface area (Å²) in [4.78, 5) is 16.2. The van der Waals surface area contributed by atoms with Crippen LogP contribution in [0.1, 0.15) is 15.9 Å². The van der Waals surface area contributed by atoms with Crippen LogP contribution in [-0.2, 0) is 0 Å². The van der Waals surface area contributed by atoms with Crippen LogP contribution < -0.4 is 5.32 Å². The zero-order valence-corrected chi connectivity index (χ0v) is 12.0. The summed E-state index contributed by atoms with van der Waals surface area (Å²) in [6.07, 6.45) is 0. The predicted molar refractivity (Wildman–Crippen MR) is 75.2 cm³/mol. The first kappa shape index (κ1) is 14.4. The summed E-state index contributed by atoms with van der Waals surface area (Å²) in [7, 11) is 0. The molecule has 0 radical (unpaired) electrons. The standard InChI is InChI=1S/C15H19F2N3O/c1-10-2-3-12(16)13(14(10)17)15(21)20-6-4-19(5-7-20)11-8-18-9-11/h2-3,11,18H,4-9H2,1H3. The molecular weight excluding hydrogens is 276 g/mol. The molecule has 0 bridgehead atoms. The maximum absolute atomic E-state index is 14.0. The maximum atomic E-state index is 14.0. The normalized spacial score (nSPS) is 20.4. The molecule has 0 aliphatic carbocycles. The summed E-state index contributed by atoms with van der Waals surface area (Å²) in [5.41, 5.74) is -0.132. The average molecular weight is 295 g/mol. The molecule has 0 saturated carbocycles. The van der Waals surface area contributed by atoms with Gasteiger partial charge in [0.25, 0.3) is 5.91 Å². The summed E-state index contributed by atoms with van der Waals surface area (Å²) in [6, 6.07) is 3.04. The van der Waals surface area contributed by atoms with Gasteiger partial charge in [0.05, 0.1) is 0 Å². The molecule has 1 aromatic carbocycles. The summed E-state index contributed by atoms with van der Waals surface area (Å²) < 4.78 is 27.8. The molecule has 4 nitrogen and oxygen atoms in total. The number of benzene rings is 1. The second-order valence-electron chi connectivity index (χ2n) is 5.69. The Balaban J connectivity index is 1.70. The van der Waals surface area contributed by atoms with Gasteiger partial charge in [0.15, 0.2) is 0 Å². The lowest BCUT2D eigenvalue weighted by Gasteiger charge is -2.43. The second kappa shape index (κ2) is 5.69. The van der Waals surface area contributed by atoms with E-state index in [0.717, 1.165) is 32.2 Å². The van der Waals surface area contributed by atoms with Gasteiger partial charge in [-0.2, -0.15) is 0 Å². The molecule has 1 N–H and O–H groups in total. The average Bonchev–Trinajstić information content (AvgIpc) is 2.42. The first-order valence-corrected chi connectivity index (χ1v) is 7.26. The van der Waals surface area contributed by atoms with Gasteiger partial charge >= 0.3 is 0 Å². The number of piperazine rings is 1. The number of amides is 1. The molecular formula is C15H19F2N3O. The van der Waals surface area contributed by atoms with E-state index in [2.05, 4.69) is 10.2 Å². The van der Waals surface area contributed by atoms with Crippen molar-refractivity contribution in [3.63, 3.8) is 0 Å². The number of rotatable bonds is 2. The minimum atomic E-state index is -0.784. The lowest BCUT2D eigenvalue weighted by atomic mass is 10.1. The molecule has 0 spiro atoms. The van der Waals surface area contributed by atoms with Crippen LogP contribution in [0.2, 0.25) is 0 Å². The van der Waals surface area contributed by atoms with E-state index in [-0.39, 0.29) is 0 Å². The lowest BCUT2D eigenvalue weighted by molar-refractivity contribution is 0.0494. The van der Waals surface area contributed by atoms with E-state index in [0.29, 0.717) is 24.7 Å². The third-order valence-corrected chi connectivity index (χ3v) is 4.38. The van der Waals surface area contributed by atoms with Crippen LogP contribution in [0, 0.1) is 18.6 Å². The fourth-order valence-corrected chi connectivity index (χ4v) is 2.83. The number of hydrogen-bond acceptors (Lipinski definition) is 3. The zero-order chi connectivity index (χ0) is 15.0. The predicted octanol–water partition coefficient (Wildman–Crippen LogP) is 1.00. The molecule has 0 unspecified atom stereocenters. The van der Waals surface area contributed by atoms with Crippen molar-refractivity contribution >= 4 is 5.91 Å². The van der Waals surface area contributed by atoms with Crippen molar-refractivity contribution in [2.24, 2.45) is 0 Å². The molecule has 0 aromatic heterocycles. The molecule has 1 aromatic rings. The topological polar surface area (TPSA) is 35.6 Å². The van der Waals surface area contributed by atoms with Gasteiger partial charge in [0, 0.05) is 45.3 Å². The first-order valence-electron chi connectivity index (χ1n) is 7.26. The van der Waals surface area contributed by atoms with Crippen LogP contribution in [0.4, 0.5) is 8.78 Å². The molecule has 2 heterocycles. The molecule has 2 aliphatic heterocycles. The number of halogens is 2. The third-order valence-electron chi connectivity index (χ3n) is 4.38. The minimum absolute atomic E-state index is 0.291. The summed E-state index contributed by atoms with van der Waals surface area (Å²) in [6.45, 7) is 6.04. The number of hydrogen-bond donors (Lipinski definition) is 1. The van der Waals surface area contributed by atoms with Gasteiger partial charge in [-0.1, -0.05) is 6.07 Å². The Morgan fingerprint density at radius 3 is 2.43 bits per heavy atom. The molecule has 2 aliphatic rings. The van der Waals surface area contributed by atoms with Crippen molar-refractivity contribution < 1.29 is 13.6 Å². The van der Waals surface area contributed by atoms with Gasteiger partial charge in [0.2, 0.25) is 0 Å². The largest absolute Gasteiger partial charge is 0.336 e. The fraction of sp³-hybridized carbons (Fsp3) is 0.533. The Hall–Kier alpha value is -1.53. The zero-order valence-electron chi connectivity index (χ0n) is 12.0. The quantitative estimate of drug-likeness (QED) is 0.884. The number of nitrogens with zero attached hydrogens (tertiary/aromatic N) is 2. The molecule has 3 rings (SSSR count). The van der Waals surface area contributed by atoms with Crippen LogP contribution >= 0.6 is 0 Å².